The number of hydrogen-bond donors (Lipinski definition) is 1. The summed E-state index contributed by atoms with van der Waals surface area (Å²) in [5, 5.41) is 10.1. The number of rotatable bonds is 2. The second-order valence-corrected chi connectivity index (χ2v) is 5.16. The van der Waals surface area contributed by atoms with Gasteiger partial charge >= 0.3 is 5.97 Å². The van der Waals surface area contributed by atoms with Crippen LogP contribution in [0.4, 0.5) is 0 Å². The topological polar surface area (TPSA) is 46.5 Å². The van der Waals surface area contributed by atoms with E-state index in [1.807, 2.05) is 26.8 Å². The summed E-state index contributed by atoms with van der Waals surface area (Å²) in [7, 11) is 0. The van der Waals surface area contributed by atoms with Crippen LogP contribution in [0, 0.1) is 0 Å². The summed E-state index contributed by atoms with van der Waals surface area (Å²) in [6, 6.07) is 0. The first kappa shape index (κ1) is 12.2. The Morgan fingerprint density at radius 1 is 1.53 bits per heavy atom. The van der Waals surface area contributed by atoms with Crippen molar-refractivity contribution in [2.24, 2.45) is 0 Å². The number of aliphatic hydroxyl groups is 1. The molecule has 0 radical (unpaired) electrons. The van der Waals surface area contributed by atoms with Crippen molar-refractivity contribution in [3.8, 4) is 0 Å². The Kier molecular flexibility index (Phi) is 3.55. The highest BCUT2D eigenvalue weighted by Crippen LogP contribution is 2.26. The Labute approximate surface area is 91.1 Å². The second kappa shape index (κ2) is 4.35. The van der Waals surface area contributed by atoms with Crippen molar-refractivity contribution >= 4 is 5.97 Å². The first-order valence-electron chi connectivity index (χ1n) is 5.43. The fourth-order valence-electron chi connectivity index (χ4n) is 1.69. The molecule has 1 N–H and O–H groups in total. The van der Waals surface area contributed by atoms with Crippen LogP contribution in [-0.4, -0.2) is 22.3 Å². The standard InChI is InChI=1S/C12H20O3/c1-11(2,3)15-10(13)9-12(14)7-5-4-6-8-12/h5,7,14H,4,6,8-9H2,1-3H3. The SMILES string of the molecule is CC(C)(C)OC(=O)CC1(O)C=CCCC1. The quantitative estimate of drug-likeness (QED) is 0.563. The number of hydrogen-bond acceptors (Lipinski definition) is 3. The zero-order chi connectivity index (χ0) is 11.5. The van der Waals surface area contributed by atoms with Gasteiger partial charge in [-0.1, -0.05) is 12.2 Å². The van der Waals surface area contributed by atoms with Crippen LogP contribution in [0.1, 0.15) is 46.5 Å². The minimum absolute atomic E-state index is 0.0563. The van der Waals surface area contributed by atoms with Gasteiger partial charge in [-0.15, -0.1) is 0 Å². The number of esters is 1. The summed E-state index contributed by atoms with van der Waals surface area (Å²) >= 11 is 0. The van der Waals surface area contributed by atoms with Gasteiger partial charge in [-0.2, -0.15) is 0 Å². The molecular weight excluding hydrogens is 192 g/mol. The van der Waals surface area contributed by atoms with E-state index in [9.17, 15) is 9.90 Å². The third-order valence-electron chi connectivity index (χ3n) is 2.28. The van der Waals surface area contributed by atoms with E-state index in [1.54, 1.807) is 6.08 Å². The lowest BCUT2D eigenvalue weighted by atomic mass is 9.88. The molecule has 0 amide bonds. The minimum atomic E-state index is -0.986. The highest BCUT2D eigenvalue weighted by Gasteiger charge is 2.30. The molecule has 15 heavy (non-hydrogen) atoms. The molecule has 1 aliphatic carbocycles. The van der Waals surface area contributed by atoms with Gasteiger partial charge in [0.25, 0.3) is 0 Å². The van der Waals surface area contributed by atoms with Gasteiger partial charge in [0.1, 0.15) is 5.60 Å². The summed E-state index contributed by atoms with van der Waals surface area (Å²) in [6.45, 7) is 5.48. The smallest absolute Gasteiger partial charge is 0.309 e. The average Bonchev–Trinajstić information content (AvgIpc) is 1.99. The van der Waals surface area contributed by atoms with Crippen molar-refractivity contribution < 1.29 is 14.6 Å². The molecule has 86 valence electrons. The van der Waals surface area contributed by atoms with Crippen molar-refractivity contribution in [1.82, 2.24) is 0 Å². The molecule has 0 aliphatic heterocycles. The molecule has 1 rings (SSSR count). The van der Waals surface area contributed by atoms with Crippen molar-refractivity contribution in [3.63, 3.8) is 0 Å². The van der Waals surface area contributed by atoms with Crippen LogP contribution >= 0.6 is 0 Å². The van der Waals surface area contributed by atoms with E-state index in [-0.39, 0.29) is 12.4 Å². The van der Waals surface area contributed by atoms with Crippen LogP contribution in [0.5, 0.6) is 0 Å². The lowest BCUT2D eigenvalue weighted by Crippen LogP contribution is -2.34. The predicted octanol–water partition coefficient (Wildman–Crippen LogP) is 2.19. The maximum Gasteiger partial charge on any atom is 0.309 e. The highest BCUT2D eigenvalue weighted by molar-refractivity contribution is 5.71. The summed E-state index contributed by atoms with van der Waals surface area (Å²) in [4.78, 5) is 11.5. The fraction of sp³-hybridized carbons (Fsp3) is 0.750. The van der Waals surface area contributed by atoms with E-state index in [0.29, 0.717) is 6.42 Å². The minimum Gasteiger partial charge on any atom is -0.460 e. The molecule has 0 saturated carbocycles. The van der Waals surface area contributed by atoms with Gasteiger partial charge in [0.2, 0.25) is 0 Å². The van der Waals surface area contributed by atoms with Crippen molar-refractivity contribution in [2.45, 2.75) is 57.7 Å². The first-order chi connectivity index (χ1) is 6.81. The number of allylic oxidation sites excluding steroid dienone is 1. The molecule has 0 fully saturated rings. The fourth-order valence-corrected chi connectivity index (χ4v) is 1.69. The Morgan fingerprint density at radius 2 is 2.20 bits per heavy atom. The van der Waals surface area contributed by atoms with Gasteiger partial charge in [0.15, 0.2) is 0 Å². The summed E-state index contributed by atoms with van der Waals surface area (Å²) < 4.78 is 5.17. The lowest BCUT2D eigenvalue weighted by Gasteiger charge is -2.28. The van der Waals surface area contributed by atoms with E-state index < -0.39 is 11.2 Å². The Balaban J connectivity index is 2.50. The van der Waals surface area contributed by atoms with E-state index >= 15 is 0 Å². The molecule has 0 bridgehead atoms. The monoisotopic (exact) mass is 212 g/mol. The molecular formula is C12H20O3. The third kappa shape index (κ3) is 4.47. The largest absolute Gasteiger partial charge is 0.460 e. The van der Waals surface area contributed by atoms with Crippen LogP contribution in [0.15, 0.2) is 12.2 Å². The van der Waals surface area contributed by atoms with E-state index in [1.165, 1.54) is 0 Å². The van der Waals surface area contributed by atoms with Gasteiger partial charge in [-0.3, -0.25) is 4.79 Å². The zero-order valence-corrected chi connectivity index (χ0v) is 9.75. The Morgan fingerprint density at radius 3 is 2.67 bits per heavy atom. The highest BCUT2D eigenvalue weighted by atomic mass is 16.6. The van der Waals surface area contributed by atoms with Gasteiger partial charge in [0, 0.05) is 0 Å². The normalized spacial score (nSPS) is 26.4. The molecule has 0 aromatic rings. The summed E-state index contributed by atoms with van der Waals surface area (Å²) in [5.41, 5.74) is -1.47. The first-order valence-corrected chi connectivity index (χ1v) is 5.43. The van der Waals surface area contributed by atoms with Crippen LogP contribution in [-0.2, 0) is 9.53 Å². The molecule has 3 nitrogen and oxygen atoms in total. The van der Waals surface area contributed by atoms with E-state index in [0.717, 1.165) is 12.8 Å². The zero-order valence-electron chi connectivity index (χ0n) is 9.75. The predicted molar refractivity (Wildman–Crippen MR) is 58.4 cm³/mol. The average molecular weight is 212 g/mol. The van der Waals surface area contributed by atoms with Crippen LogP contribution in [0.2, 0.25) is 0 Å². The van der Waals surface area contributed by atoms with Crippen molar-refractivity contribution in [3.05, 3.63) is 12.2 Å². The molecule has 1 aliphatic rings. The van der Waals surface area contributed by atoms with Gasteiger partial charge in [-0.25, -0.2) is 0 Å². The third-order valence-corrected chi connectivity index (χ3v) is 2.28. The number of carbonyl (C=O) groups excluding carboxylic acids is 1. The summed E-state index contributed by atoms with van der Waals surface area (Å²) in [6.07, 6.45) is 6.25. The lowest BCUT2D eigenvalue weighted by molar-refractivity contribution is -0.159. The Hall–Kier alpha value is -0.830. The molecule has 0 heterocycles. The molecule has 0 aromatic carbocycles. The maximum atomic E-state index is 11.5. The Bertz CT molecular complexity index is 263. The second-order valence-electron chi connectivity index (χ2n) is 5.16. The van der Waals surface area contributed by atoms with Crippen molar-refractivity contribution in [1.29, 1.82) is 0 Å². The molecule has 1 atom stereocenters. The summed E-state index contributed by atoms with van der Waals surface area (Å²) in [5.74, 6) is -0.337. The van der Waals surface area contributed by atoms with Crippen molar-refractivity contribution in [2.75, 3.05) is 0 Å². The molecule has 0 spiro atoms. The van der Waals surface area contributed by atoms with Gasteiger partial charge in [0.05, 0.1) is 12.0 Å². The molecule has 0 saturated heterocycles. The van der Waals surface area contributed by atoms with E-state index in [4.69, 9.17) is 4.74 Å². The van der Waals surface area contributed by atoms with Gasteiger partial charge < -0.3 is 9.84 Å². The van der Waals surface area contributed by atoms with Gasteiger partial charge in [-0.05, 0) is 40.0 Å². The van der Waals surface area contributed by atoms with Crippen LogP contribution < -0.4 is 0 Å². The van der Waals surface area contributed by atoms with Crippen LogP contribution in [0.3, 0.4) is 0 Å². The molecule has 3 heteroatoms. The van der Waals surface area contributed by atoms with E-state index in [2.05, 4.69) is 0 Å². The number of ether oxygens (including phenoxy) is 1. The molecule has 0 aromatic heterocycles. The maximum absolute atomic E-state index is 11.5. The van der Waals surface area contributed by atoms with Crippen LogP contribution in [0.25, 0.3) is 0 Å². The number of carbonyl (C=O) groups is 1. The molecule has 1 unspecified atom stereocenters.